The zero-order valence-electron chi connectivity index (χ0n) is 11.9. The molecule has 0 unspecified atom stereocenters. The Morgan fingerprint density at radius 2 is 1.89 bits per heavy atom. The van der Waals surface area contributed by atoms with E-state index in [9.17, 15) is 0 Å². The second-order valence-electron chi connectivity index (χ2n) is 5.88. The maximum atomic E-state index is 6.14. The molecule has 0 amide bonds. The van der Waals surface area contributed by atoms with E-state index in [1.165, 1.54) is 12.8 Å². The van der Waals surface area contributed by atoms with E-state index >= 15 is 0 Å². The Bertz CT molecular complexity index is 403. The van der Waals surface area contributed by atoms with Crippen molar-refractivity contribution in [3.8, 4) is 5.88 Å². The summed E-state index contributed by atoms with van der Waals surface area (Å²) in [6.45, 7) is 6.51. The summed E-state index contributed by atoms with van der Waals surface area (Å²) in [4.78, 5) is 0. The Morgan fingerprint density at radius 1 is 1.28 bits per heavy atom. The van der Waals surface area contributed by atoms with Crippen LogP contribution in [0.5, 0.6) is 5.88 Å². The molecule has 4 nitrogen and oxygen atoms in total. The van der Waals surface area contributed by atoms with Gasteiger partial charge in [0.25, 0.3) is 0 Å². The SMILES string of the molecule is CC1CCC(Oc2c(N)c(C(C)C)nn2C)CC1. The van der Waals surface area contributed by atoms with Crippen LogP contribution in [0.1, 0.15) is 58.1 Å². The molecule has 18 heavy (non-hydrogen) atoms. The molecule has 1 fully saturated rings. The Labute approximate surface area is 110 Å². The van der Waals surface area contributed by atoms with Gasteiger partial charge in [-0.25, -0.2) is 4.68 Å². The number of anilines is 1. The molecule has 1 aromatic heterocycles. The van der Waals surface area contributed by atoms with Gasteiger partial charge in [0, 0.05) is 7.05 Å². The van der Waals surface area contributed by atoms with Crippen molar-refractivity contribution in [3.05, 3.63) is 5.69 Å². The van der Waals surface area contributed by atoms with Crippen LogP contribution in [0.3, 0.4) is 0 Å². The number of hydrogen-bond acceptors (Lipinski definition) is 3. The van der Waals surface area contributed by atoms with E-state index in [4.69, 9.17) is 10.5 Å². The minimum Gasteiger partial charge on any atom is -0.473 e. The summed E-state index contributed by atoms with van der Waals surface area (Å²) in [5.41, 5.74) is 7.80. The summed E-state index contributed by atoms with van der Waals surface area (Å²) < 4.78 is 7.85. The standard InChI is InChI=1S/C14H25N3O/c1-9(2)13-12(15)14(17(4)16-13)18-11-7-5-10(3)6-8-11/h9-11H,5-8,15H2,1-4H3. The molecule has 1 saturated carbocycles. The lowest BCUT2D eigenvalue weighted by Gasteiger charge is -2.26. The second-order valence-corrected chi connectivity index (χ2v) is 5.88. The van der Waals surface area contributed by atoms with E-state index in [0.717, 1.165) is 30.3 Å². The number of aromatic nitrogens is 2. The van der Waals surface area contributed by atoms with Crippen LogP contribution in [0.2, 0.25) is 0 Å². The second kappa shape index (κ2) is 5.21. The lowest BCUT2D eigenvalue weighted by molar-refractivity contribution is 0.125. The van der Waals surface area contributed by atoms with E-state index in [0.29, 0.717) is 17.7 Å². The molecule has 1 heterocycles. The van der Waals surface area contributed by atoms with Gasteiger partial charge in [-0.3, -0.25) is 0 Å². The van der Waals surface area contributed by atoms with Crippen LogP contribution in [0.15, 0.2) is 0 Å². The highest BCUT2D eigenvalue weighted by Crippen LogP contribution is 2.33. The largest absolute Gasteiger partial charge is 0.473 e. The first-order valence-corrected chi connectivity index (χ1v) is 6.98. The summed E-state index contributed by atoms with van der Waals surface area (Å²) in [7, 11) is 1.91. The number of rotatable bonds is 3. The zero-order valence-corrected chi connectivity index (χ0v) is 11.9. The summed E-state index contributed by atoms with van der Waals surface area (Å²) in [5, 5.41) is 4.46. The van der Waals surface area contributed by atoms with E-state index in [1.54, 1.807) is 4.68 Å². The van der Waals surface area contributed by atoms with Gasteiger partial charge in [-0.2, -0.15) is 5.10 Å². The monoisotopic (exact) mass is 251 g/mol. The molecule has 2 N–H and O–H groups in total. The van der Waals surface area contributed by atoms with Crippen LogP contribution in [0.25, 0.3) is 0 Å². The Hall–Kier alpha value is -1.19. The first-order chi connectivity index (χ1) is 8.49. The predicted molar refractivity (Wildman–Crippen MR) is 73.8 cm³/mol. The molecule has 1 aliphatic carbocycles. The maximum Gasteiger partial charge on any atom is 0.236 e. The van der Waals surface area contributed by atoms with Crippen molar-refractivity contribution < 1.29 is 4.74 Å². The zero-order chi connectivity index (χ0) is 13.3. The minimum absolute atomic E-state index is 0.305. The topological polar surface area (TPSA) is 53.1 Å². The van der Waals surface area contributed by atoms with Crippen LogP contribution in [-0.2, 0) is 7.05 Å². The van der Waals surface area contributed by atoms with Gasteiger partial charge in [0.15, 0.2) is 0 Å². The van der Waals surface area contributed by atoms with Gasteiger partial charge in [-0.05, 0) is 37.5 Å². The van der Waals surface area contributed by atoms with Crippen molar-refractivity contribution in [2.45, 2.75) is 58.5 Å². The molecule has 1 aliphatic rings. The van der Waals surface area contributed by atoms with Gasteiger partial charge >= 0.3 is 0 Å². The van der Waals surface area contributed by atoms with Crippen molar-refractivity contribution in [1.82, 2.24) is 9.78 Å². The smallest absolute Gasteiger partial charge is 0.236 e. The number of aryl methyl sites for hydroxylation is 1. The number of ether oxygens (including phenoxy) is 1. The number of nitrogens with zero attached hydrogens (tertiary/aromatic N) is 2. The normalized spacial score (nSPS) is 24.5. The molecule has 0 radical (unpaired) electrons. The molecular weight excluding hydrogens is 226 g/mol. The molecule has 0 aromatic carbocycles. The molecule has 0 atom stereocenters. The fourth-order valence-corrected chi connectivity index (χ4v) is 2.62. The highest BCUT2D eigenvalue weighted by molar-refractivity contribution is 5.54. The Balaban J connectivity index is 2.09. The van der Waals surface area contributed by atoms with Crippen LogP contribution in [-0.4, -0.2) is 15.9 Å². The molecule has 4 heteroatoms. The van der Waals surface area contributed by atoms with Gasteiger partial charge in [0.1, 0.15) is 11.8 Å². The van der Waals surface area contributed by atoms with E-state index in [-0.39, 0.29) is 0 Å². The fraction of sp³-hybridized carbons (Fsp3) is 0.786. The summed E-state index contributed by atoms with van der Waals surface area (Å²) in [6, 6.07) is 0. The molecule has 0 aliphatic heterocycles. The average molecular weight is 251 g/mol. The highest BCUT2D eigenvalue weighted by atomic mass is 16.5. The molecular formula is C14H25N3O. The van der Waals surface area contributed by atoms with Crippen molar-refractivity contribution in [2.75, 3.05) is 5.73 Å². The fourth-order valence-electron chi connectivity index (χ4n) is 2.62. The lowest BCUT2D eigenvalue weighted by atomic mass is 9.89. The number of hydrogen-bond donors (Lipinski definition) is 1. The third kappa shape index (κ3) is 2.62. The first kappa shape index (κ1) is 13.2. The Morgan fingerprint density at radius 3 is 2.39 bits per heavy atom. The molecule has 2 rings (SSSR count). The molecule has 0 spiro atoms. The number of nitrogens with two attached hydrogens (primary N) is 1. The van der Waals surface area contributed by atoms with Gasteiger partial charge in [0.05, 0.1) is 5.69 Å². The van der Waals surface area contributed by atoms with Gasteiger partial charge < -0.3 is 10.5 Å². The van der Waals surface area contributed by atoms with E-state index in [2.05, 4.69) is 25.9 Å². The van der Waals surface area contributed by atoms with Crippen LogP contribution in [0.4, 0.5) is 5.69 Å². The summed E-state index contributed by atoms with van der Waals surface area (Å²) in [6.07, 6.45) is 5.06. The lowest BCUT2D eigenvalue weighted by Crippen LogP contribution is -2.24. The van der Waals surface area contributed by atoms with Crippen LogP contribution < -0.4 is 10.5 Å². The van der Waals surface area contributed by atoms with Crippen LogP contribution >= 0.6 is 0 Å². The molecule has 0 bridgehead atoms. The summed E-state index contributed by atoms with van der Waals surface area (Å²) >= 11 is 0. The van der Waals surface area contributed by atoms with Crippen molar-refractivity contribution in [3.63, 3.8) is 0 Å². The quantitative estimate of drug-likeness (QED) is 0.898. The van der Waals surface area contributed by atoms with Crippen LogP contribution in [0, 0.1) is 5.92 Å². The molecule has 0 saturated heterocycles. The van der Waals surface area contributed by atoms with E-state index < -0.39 is 0 Å². The maximum absolute atomic E-state index is 6.14. The van der Waals surface area contributed by atoms with Crippen molar-refractivity contribution >= 4 is 5.69 Å². The van der Waals surface area contributed by atoms with Crippen molar-refractivity contribution in [1.29, 1.82) is 0 Å². The van der Waals surface area contributed by atoms with Crippen molar-refractivity contribution in [2.24, 2.45) is 13.0 Å². The molecule has 102 valence electrons. The third-order valence-corrected chi connectivity index (χ3v) is 3.85. The first-order valence-electron chi connectivity index (χ1n) is 6.98. The molecule has 1 aromatic rings. The Kier molecular flexibility index (Phi) is 3.83. The van der Waals surface area contributed by atoms with E-state index in [1.807, 2.05) is 7.05 Å². The summed E-state index contributed by atoms with van der Waals surface area (Å²) in [5.74, 6) is 1.91. The van der Waals surface area contributed by atoms with Gasteiger partial charge in [-0.1, -0.05) is 20.8 Å². The minimum atomic E-state index is 0.305. The van der Waals surface area contributed by atoms with Gasteiger partial charge in [-0.15, -0.1) is 0 Å². The third-order valence-electron chi connectivity index (χ3n) is 3.85. The highest BCUT2D eigenvalue weighted by Gasteiger charge is 2.23. The number of nitrogen functional groups attached to an aromatic ring is 1. The predicted octanol–water partition coefficient (Wildman–Crippen LogP) is 3.08. The van der Waals surface area contributed by atoms with Gasteiger partial charge in [0.2, 0.25) is 5.88 Å². The average Bonchev–Trinajstić information content (AvgIpc) is 2.60.